The van der Waals surface area contributed by atoms with Crippen molar-refractivity contribution in [2.45, 2.75) is 32.0 Å². The molecule has 1 aromatic heterocycles. The zero-order chi connectivity index (χ0) is 15.4. The Labute approximate surface area is 130 Å². The lowest BCUT2D eigenvalue weighted by atomic mass is 10.0. The van der Waals surface area contributed by atoms with E-state index in [0.717, 1.165) is 38.0 Å². The fraction of sp³-hybridized carbons (Fsp3) is 0.625. The molecule has 3 heterocycles. The van der Waals surface area contributed by atoms with Gasteiger partial charge < -0.3 is 19.7 Å². The van der Waals surface area contributed by atoms with E-state index in [9.17, 15) is 4.79 Å². The van der Waals surface area contributed by atoms with Gasteiger partial charge in [0.25, 0.3) is 5.91 Å². The van der Waals surface area contributed by atoms with Crippen LogP contribution in [0, 0.1) is 0 Å². The molecule has 3 rings (SSSR count). The molecule has 0 aromatic carbocycles. The van der Waals surface area contributed by atoms with E-state index in [4.69, 9.17) is 9.47 Å². The maximum atomic E-state index is 11.8. The van der Waals surface area contributed by atoms with Crippen LogP contribution in [0.2, 0.25) is 0 Å². The first-order valence-corrected chi connectivity index (χ1v) is 7.99. The first kappa shape index (κ1) is 15.2. The SMILES string of the molecule is CCCNC(=O)c1ccc(N2CCC3(CC2)OCCO3)cn1. The third kappa shape index (κ3) is 3.23. The molecule has 2 aliphatic rings. The normalized spacial score (nSPS) is 20.3. The summed E-state index contributed by atoms with van der Waals surface area (Å²) >= 11 is 0. The van der Waals surface area contributed by atoms with Gasteiger partial charge in [-0.25, -0.2) is 4.98 Å². The Balaban J connectivity index is 1.58. The van der Waals surface area contributed by atoms with Gasteiger partial charge in [0.05, 0.1) is 25.1 Å². The van der Waals surface area contributed by atoms with Crippen molar-refractivity contribution in [2.75, 3.05) is 37.7 Å². The van der Waals surface area contributed by atoms with Crippen molar-refractivity contribution in [3.8, 4) is 0 Å². The highest BCUT2D eigenvalue weighted by atomic mass is 16.7. The van der Waals surface area contributed by atoms with Crippen molar-refractivity contribution >= 4 is 11.6 Å². The molecule has 0 bridgehead atoms. The summed E-state index contributed by atoms with van der Waals surface area (Å²) in [6.45, 7) is 5.85. The standard InChI is InChI=1S/C16H23N3O3/c1-2-7-17-15(20)14-4-3-13(12-18-14)19-8-5-16(6-9-19)21-10-11-22-16/h3-4,12H,2,5-11H2,1H3,(H,17,20). The van der Waals surface area contributed by atoms with E-state index >= 15 is 0 Å². The maximum Gasteiger partial charge on any atom is 0.269 e. The molecule has 0 aliphatic carbocycles. The van der Waals surface area contributed by atoms with Crippen LogP contribution in [0.4, 0.5) is 5.69 Å². The fourth-order valence-electron chi connectivity index (χ4n) is 2.93. The molecule has 1 aromatic rings. The zero-order valence-corrected chi connectivity index (χ0v) is 13.0. The maximum absolute atomic E-state index is 11.8. The Morgan fingerprint density at radius 1 is 1.32 bits per heavy atom. The van der Waals surface area contributed by atoms with Crippen LogP contribution in [-0.4, -0.2) is 49.5 Å². The zero-order valence-electron chi connectivity index (χ0n) is 13.0. The molecule has 22 heavy (non-hydrogen) atoms. The van der Waals surface area contributed by atoms with Gasteiger partial charge in [0, 0.05) is 32.5 Å². The number of carbonyl (C=O) groups excluding carboxylic acids is 1. The molecule has 1 amide bonds. The van der Waals surface area contributed by atoms with Crippen molar-refractivity contribution in [1.29, 1.82) is 0 Å². The van der Waals surface area contributed by atoms with E-state index in [1.165, 1.54) is 0 Å². The Hall–Kier alpha value is -1.66. The van der Waals surface area contributed by atoms with Crippen LogP contribution < -0.4 is 10.2 Å². The molecule has 0 unspecified atom stereocenters. The Morgan fingerprint density at radius 2 is 2.05 bits per heavy atom. The molecule has 2 fully saturated rings. The van der Waals surface area contributed by atoms with E-state index < -0.39 is 0 Å². The molecule has 2 aliphatic heterocycles. The first-order chi connectivity index (χ1) is 10.7. The van der Waals surface area contributed by atoms with E-state index in [-0.39, 0.29) is 11.7 Å². The number of aromatic nitrogens is 1. The van der Waals surface area contributed by atoms with Gasteiger partial charge in [0.1, 0.15) is 5.69 Å². The summed E-state index contributed by atoms with van der Waals surface area (Å²) < 4.78 is 11.5. The number of anilines is 1. The number of hydrogen-bond acceptors (Lipinski definition) is 5. The lowest BCUT2D eigenvalue weighted by Gasteiger charge is -2.38. The number of rotatable bonds is 4. The topological polar surface area (TPSA) is 63.7 Å². The van der Waals surface area contributed by atoms with Gasteiger partial charge in [-0.2, -0.15) is 0 Å². The van der Waals surface area contributed by atoms with E-state index in [0.29, 0.717) is 25.5 Å². The van der Waals surface area contributed by atoms with Crippen molar-refractivity contribution in [1.82, 2.24) is 10.3 Å². The summed E-state index contributed by atoms with van der Waals surface area (Å²) in [6, 6.07) is 3.75. The Bertz CT molecular complexity index is 502. The average molecular weight is 305 g/mol. The van der Waals surface area contributed by atoms with Crippen LogP contribution in [0.15, 0.2) is 18.3 Å². The van der Waals surface area contributed by atoms with Crippen molar-refractivity contribution in [3.05, 3.63) is 24.0 Å². The summed E-state index contributed by atoms with van der Waals surface area (Å²) in [5.74, 6) is -0.470. The number of amides is 1. The van der Waals surface area contributed by atoms with Gasteiger partial charge >= 0.3 is 0 Å². The van der Waals surface area contributed by atoms with Crippen LogP contribution in [0.3, 0.4) is 0 Å². The smallest absolute Gasteiger partial charge is 0.269 e. The highest BCUT2D eigenvalue weighted by molar-refractivity contribution is 5.92. The molecule has 1 N–H and O–H groups in total. The van der Waals surface area contributed by atoms with Crippen molar-refractivity contribution < 1.29 is 14.3 Å². The van der Waals surface area contributed by atoms with Gasteiger partial charge in [0.2, 0.25) is 0 Å². The highest BCUT2D eigenvalue weighted by Gasteiger charge is 2.39. The molecule has 0 saturated carbocycles. The summed E-state index contributed by atoms with van der Waals surface area (Å²) in [5.41, 5.74) is 1.51. The van der Waals surface area contributed by atoms with Crippen LogP contribution in [0.5, 0.6) is 0 Å². The van der Waals surface area contributed by atoms with Gasteiger partial charge in [-0.05, 0) is 18.6 Å². The number of hydrogen-bond donors (Lipinski definition) is 1. The first-order valence-electron chi connectivity index (χ1n) is 7.99. The summed E-state index contributed by atoms with van der Waals surface area (Å²) in [7, 11) is 0. The molecule has 2 saturated heterocycles. The Kier molecular flexibility index (Phi) is 4.59. The van der Waals surface area contributed by atoms with Crippen molar-refractivity contribution in [3.63, 3.8) is 0 Å². The second-order valence-corrected chi connectivity index (χ2v) is 5.75. The molecular formula is C16H23N3O3. The second-order valence-electron chi connectivity index (χ2n) is 5.75. The van der Waals surface area contributed by atoms with Gasteiger partial charge in [0.15, 0.2) is 5.79 Å². The number of pyridine rings is 1. The molecule has 0 atom stereocenters. The minimum absolute atomic E-state index is 0.112. The third-order valence-electron chi connectivity index (χ3n) is 4.22. The number of nitrogens with zero attached hydrogens (tertiary/aromatic N) is 2. The molecular weight excluding hydrogens is 282 g/mol. The quantitative estimate of drug-likeness (QED) is 0.914. The van der Waals surface area contributed by atoms with Crippen LogP contribution in [0.1, 0.15) is 36.7 Å². The van der Waals surface area contributed by atoms with E-state index in [1.54, 1.807) is 12.3 Å². The monoisotopic (exact) mass is 305 g/mol. The predicted octanol–water partition coefficient (Wildman–Crippen LogP) is 1.56. The number of nitrogens with one attached hydrogen (secondary N) is 1. The third-order valence-corrected chi connectivity index (χ3v) is 4.22. The minimum atomic E-state index is -0.357. The molecule has 0 radical (unpaired) electrons. The van der Waals surface area contributed by atoms with Gasteiger partial charge in [-0.3, -0.25) is 4.79 Å². The number of ether oxygens (including phenoxy) is 2. The van der Waals surface area contributed by atoms with Gasteiger partial charge in [-0.15, -0.1) is 0 Å². The molecule has 120 valence electrons. The summed E-state index contributed by atoms with van der Waals surface area (Å²) in [5, 5.41) is 2.83. The average Bonchev–Trinajstić information content (AvgIpc) is 3.02. The van der Waals surface area contributed by atoms with Crippen molar-refractivity contribution in [2.24, 2.45) is 0 Å². The minimum Gasteiger partial charge on any atom is -0.370 e. The Morgan fingerprint density at radius 3 is 2.64 bits per heavy atom. The van der Waals surface area contributed by atoms with E-state index in [1.807, 2.05) is 13.0 Å². The number of carbonyl (C=O) groups is 1. The highest BCUT2D eigenvalue weighted by Crippen LogP contribution is 2.32. The fourth-order valence-corrected chi connectivity index (χ4v) is 2.93. The molecule has 6 nitrogen and oxygen atoms in total. The lowest BCUT2D eigenvalue weighted by molar-refractivity contribution is -0.169. The van der Waals surface area contributed by atoms with Crippen LogP contribution >= 0.6 is 0 Å². The largest absolute Gasteiger partial charge is 0.370 e. The van der Waals surface area contributed by atoms with E-state index in [2.05, 4.69) is 15.2 Å². The van der Waals surface area contributed by atoms with Gasteiger partial charge in [-0.1, -0.05) is 6.92 Å². The second kappa shape index (κ2) is 6.62. The predicted molar refractivity (Wildman–Crippen MR) is 82.9 cm³/mol. The molecule has 1 spiro atoms. The lowest BCUT2D eigenvalue weighted by Crippen LogP contribution is -2.45. The number of piperidine rings is 1. The summed E-state index contributed by atoms with van der Waals surface area (Å²) in [4.78, 5) is 18.4. The van der Waals surface area contributed by atoms with Crippen LogP contribution in [0.25, 0.3) is 0 Å². The summed E-state index contributed by atoms with van der Waals surface area (Å²) in [6.07, 6.45) is 4.43. The molecule has 6 heteroatoms. The van der Waals surface area contributed by atoms with Crippen LogP contribution in [-0.2, 0) is 9.47 Å².